The first kappa shape index (κ1) is 15.4. The monoisotopic (exact) mass is 346 g/mol. The Bertz CT molecular complexity index is 841. The van der Waals surface area contributed by atoms with E-state index in [1.807, 2.05) is 18.2 Å². The predicted molar refractivity (Wildman–Crippen MR) is 89.8 cm³/mol. The highest BCUT2D eigenvalue weighted by Gasteiger charge is 2.30. The number of hydrogen-bond donors (Lipinski definition) is 1. The molecule has 1 aromatic carbocycles. The average molecular weight is 346 g/mol. The van der Waals surface area contributed by atoms with E-state index >= 15 is 0 Å². The van der Waals surface area contributed by atoms with Gasteiger partial charge in [-0.3, -0.25) is 4.90 Å². The molecule has 24 heavy (non-hydrogen) atoms. The second-order valence-electron chi connectivity index (χ2n) is 5.57. The fourth-order valence-electron chi connectivity index (χ4n) is 3.05. The van der Waals surface area contributed by atoms with E-state index < -0.39 is 0 Å². The van der Waals surface area contributed by atoms with Crippen LogP contribution in [0, 0.1) is 0 Å². The van der Waals surface area contributed by atoms with Gasteiger partial charge >= 0.3 is 0 Å². The third-order valence-corrected chi connectivity index (χ3v) is 5.29. The molecule has 1 aliphatic heterocycles. The topological polar surface area (TPSA) is 72.1 Å². The number of aromatic nitrogens is 3. The van der Waals surface area contributed by atoms with Gasteiger partial charge in [0.05, 0.1) is 31.2 Å². The van der Waals surface area contributed by atoms with Gasteiger partial charge in [-0.1, -0.05) is 23.5 Å². The number of rotatable bonds is 4. The number of benzene rings is 1. The Balaban J connectivity index is 1.82. The molecule has 7 nitrogen and oxygen atoms in total. The molecule has 4 rings (SSSR count). The second kappa shape index (κ2) is 6.39. The summed E-state index contributed by atoms with van der Waals surface area (Å²) in [4.78, 5) is 8.02. The van der Waals surface area contributed by atoms with E-state index in [0.29, 0.717) is 18.2 Å². The number of aromatic hydroxyl groups is 1. The van der Waals surface area contributed by atoms with Gasteiger partial charge in [0, 0.05) is 13.1 Å². The van der Waals surface area contributed by atoms with Crippen molar-refractivity contribution >= 4 is 16.3 Å². The number of methoxy groups -OCH3 is 1. The van der Waals surface area contributed by atoms with Gasteiger partial charge in [0.25, 0.3) is 0 Å². The number of thiazole rings is 1. The van der Waals surface area contributed by atoms with E-state index in [0.717, 1.165) is 29.3 Å². The van der Waals surface area contributed by atoms with Crippen LogP contribution in [0.25, 0.3) is 4.96 Å². The van der Waals surface area contributed by atoms with Crippen LogP contribution >= 0.6 is 11.3 Å². The molecule has 1 atom stereocenters. The minimum atomic E-state index is -0.0856. The molecule has 2 aromatic heterocycles. The lowest BCUT2D eigenvalue weighted by molar-refractivity contribution is 0.0241. The quantitative estimate of drug-likeness (QED) is 0.778. The van der Waals surface area contributed by atoms with Crippen molar-refractivity contribution in [1.29, 1.82) is 0 Å². The maximum Gasteiger partial charge on any atom is 0.230 e. The fraction of sp³-hybridized carbons (Fsp3) is 0.375. The molecule has 3 aromatic rings. The third-order valence-electron chi connectivity index (χ3n) is 4.21. The fourth-order valence-corrected chi connectivity index (χ4v) is 4.14. The van der Waals surface area contributed by atoms with Gasteiger partial charge in [0.15, 0.2) is 0 Å². The first-order valence-electron chi connectivity index (χ1n) is 7.75. The Morgan fingerprint density at radius 1 is 1.33 bits per heavy atom. The van der Waals surface area contributed by atoms with Crippen molar-refractivity contribution in [3.8, 4) is 11.6 Å². The molecule has 1 fully saturated rings. The van der Waals surface area contributed by atoms with Crippen molar-refractivity contribution in [2.24, 2.45) is 0 Å². The van der Waals surface area contributed by atoms with Crippen LogP contribution < -0.4 is 4.74 Å². The van der Waals surface area contributed by atoms with Gasteiger partial charge in [-0.25, -0.2) is 4.98 Å². The molecule has 0 aliphatic carbocycles. The normalized spacial score (nSPS) is 17.2. The molecule has 1 unspecified atom stereocenters. The minimum absolute atomic E-state index is 0.0856. The van der Waals surface area contributed by atoms with Gasteiger partial charge in [-0.2, -0.15) is 9.61 Å². The van der Waals surface area contributed by atoms with Crippen LogP contribution in [0.3, 0.4) is 0 Å². The van der Waals surface area contributed by atoms with Crippen LogP contribution in [0.5, 0.6) is 11.6 Å². The van der Waals surface area contributed by atoms with Gasteiger partial charge in [0.2, 0.25) is 10.8 Å². The highest BCUT2D eigenvalue weighted by Crippen LogP contribution is 2.40. The van der Waals surface area contributed by atoms with Crippen LogP contribution in [-0.2, 0) is 4.74 Å². The molecule has 1 saturated heterocycles. The maximum absolute atomic E-state index is 10.6. The van der Waals surface area contributed by atoms with E-state index in [4.69, 9.17) is 9.47 Å². The number of hydrogen-bond acceptors (Lipinski definition) is 7. The van der Waals surface area contributed by atoms with E-state index in [-0.39, 0.29) is 11.9 Å². The largest absolute Gasteiger partial charge is 0.497 e. The predicted octanol–water partition coefficient (Wildman–Crippen LogP) is 1.93. The molecule has 126 valence electrons. The standard InChI is InChI=1S/C16H18N4O3S/c1-22-12-4-2-3-11(9-12)13(19-5-7-23-8-6-19)14-15(21)20-16(24-14)17-10-18-20/h2-4,9-10,13,21H,5-8H2,1H3. The van der Waals surface area contributed by atoms with Crippen molar-refractivity contribution in [3.63, 3.8) is 0 Å². The summed E-state index contributed by atoms with van der Waals surface area (Å²) in [5, 5.41) is 14.7. The number of fused-ring (bicyclic) bond motifs is 1. The van der Waals surface area contributed by atoms with Crippen molar-refractivity contribution in [2.45, 2.75) is 6.04 Å². The SMILES string of the molecule is COc1cccc(C(c2sc3ncnn3c2O)N2CCOCC2)c1. The molecule has 0 bridgehead atoms. The Kier molecular flexibility index (Phi) is 4.09. The highest BCUT2D eigenvalue weighted by molar-refractivity contribution is 7.17. The Hall–Kier alpha value is -2.16. The molecule has 1 aliphatic rings. The average Bonchev–Trinajstić information content (AvgIpc) is 3.20. The molecule has 3 heterocycles. The Labute approximate surface area is 143 Å². The molecule has 8 heteroatoms. The van der Waals surface area contributed by atoms with E-state index in [9.17, 15) is 5.11 Å². The lowest BCUT2D eigenvalue weighted by Gasteiger charge is -2.34. The number of ether oxygens (including phenoxy) is 2. The number of nitrogens with zero attached hydrogens (tertiary/aromatic N) is 4. The zero-order chi connectivity index (χ0) is 16.5. The van der Waals surface area contributed by atoms with Crippen molar-refractivity contribution in [2.75, 3.05) is 33.4 Å². The van der Waals surface area contributed by atoms with Crippen LogP contribution in [0.15, 0.2) is 30.6 Å². The summed E-state index contributed by atoms with van der Waals surface area (Å²) in [7, 11) is 1.66. The summed E-state index contributed by atoms with van der Waals surface area (Å²) in [6, 6.07) is 7.86. The zero-order valence-electron chi connectivity index (χ0n) is 13.3. The smallest absolute Gasteiger partial charge is 0.230 e. The van der Waals surface area contributed by atoms with E-state index in [2.05, 4.69) is 21.0 Å². The minimum Gasteiger partial charge on any atom is -0.497 e. The molecule has 0 spiro atoms. The highest BCUT2D eigenvalue weighted by atomic mass is 32.1. The Morgan fingerprint density at radius 3 is 2.92 bits per heavy atom. The molecule has 1 N–H and O–H groups in total. The first-order chi connectivity index (χ1) is 11.8. The van der Waals surface area contributed by atoms with Crippen molar-refractivity contribution in [1.82, 2.24) is 19.5 Å². The maximum atomic E-state index is 10.6. The molecule has 0 radical (unpaired) electrons. The van der Waals surface area contributed by atoms with E-state index in [1.165, 1.54) is 22.2 Å². The number of morpholine rings is 1. The molecular formula is C16H18N4O3S. The first-order valence-corrected chi connectivity index (χ1v) is 8.56. The van der Waals surface area contributed by atoms with Gasteiger partial charge in [-0.15, -0.1) is 0 Å². The summed E-state index contributed by atoms with van der Waals surface area (Å²) in [5.74, 6) is 0.941. The van der Waals surface area contributed by atoms with Crippen LogP contribution in [0.2, 0.25) is 0 Å². The van der Waals surface area contributed by atoms with Crippen molar-refractivity contribution < 1.29 is 14.6 Å². The third kappa shape index (κ3) is 2.62. The zero-order valence-corrected chi connectivity index (χ0v) is 14.1. The van der Waals surface area contributed by atoms with E-state index in [1.54, 1.807) is 7.11 Å². The summed E-state index contributed by atoms with van der Waals surface area (Å²) < 4.78 is 12.3. The lowest BCUT2D eigenvalue weighted by Crippen LogP contribution is -2.39. The second-order valence-corrected chi connectivity index (χ2v) is 6.58. The van der Waals surface area contributed by atoms with Crippen LogP contribution in [0.4, 0.5) is 0 Å². The van der Waals surface area contributed by atoms with Crippen LogP contribution in [0.1, 0.15) is 16.5 Å². The van der Waals surface area contributed by atoms with Crippen LogP contribution in [-0.4, -0.2) is 58.0 Å². The summed E-state index contributed by atoms with van der Waals surface area (Å²) in [6.07, 6.45) is 1.45. The summed E-state index contributed by atoms with van der Waals surface area (Å²) in [6.45, 7) is 2.97. The van der Waals surface area contributed by atoms with Gasteiger partial charge < -0.3 is 14.6 Å². The van der Waals surface area contributed by atoms with Gasteiger partial charge in [-0.05, 0) is 17.7 Å². The summed E-state index contributed by atoms with van der Waals surface area (Å²) >= 11 is 1.46. The summed E-state index contributed by atoms with van der Waals surface area (Å²) in [5.41, 5.74) is 1.07. The molecule has 0 amide bonds. The molecule has 0 saturated carbocycles. The lowest BCUT2D eigenvalue weighted by atomic mass is 10.0. The molecular weight excluding hydrogens is 328 g/mol. The van der Waals surface area contributed by atoms with Gasteiger partial charge in [0.1, 0.15) is 12.1 Å². The van der Waals surface area contributed by atoms with Crippen molar-refractivity contribution in [3.05, 3.63) is 41.0 Å². The Morgan fingerprint density at radius 2 is 2.17 bits per heavy atom.